The molecule has 0 saturated carbocycles. The number of carbonyl (C=O) groups is 1. The van der Waals surface area contributed by atoms with Crippen molar-refractivity contribution in [3.63, 3.8) is 0 Å². The van der Waals surface area contributed by atoms with Crippen molar-refractivity contribution in [3.05, 3.63) is 52.6 Å². The molecule has 0 spiro atoms. The first-order valence-electron chi connectivity index (χ1n) is 7.43. The summed E-state index contributed by atoms with van der Waals surface area (Å²) < 4.78 is 10.4. The third-order valence-corrected chi connectivity index (χ3v) is 3.38. The van der Waals surface area contributed by atoms with E-state index in [9.17, 15) is 14.9 Å². The second-order valence-electron chi connectivity index (χ2n) is 5.37. The van der Waals surface area contributed by atoms with E-state index in [0.717, 1.165) is 5.69 Å². The summed E-state index contributed by atoms with van der Waals surface area (Å²) >= 11 is 0. The van der Waals surface area contributed by atoms with Crippen LogP contribution in [-0.4, -0.2) is 38.6 Å². The lowest BCUT2D eigenvalue weighted by Gasteiger charge is -2.13. The molecule has 0 atom stereocenters. The van der Waals surface area contributed by atoms with Gasteiger partial charge in [0.15, 0.2) is 18.1 Å². The minimum absolute atomic E-state index is 0.134. The summed E-state index contributed by atoms with van der Waals surface area (Å²) in [5, 5.41) is 13.5. The monoisotopic (exact) mass is 345 g/mol. The number of amides is 1. The Morgan fingerprint density at radius 3 is 2.40 bits per heavy atom. The first-order chi connectivity index (χ1) is 11.9. The Labute approximate surface area is 145 Å². The highest BCUT2D eigenvalue weighted by molar-refractivity contribution is 5.92. The first kappa shape index (κ1) is 18.1. The maximum Gasteiger partial charge on any atom is 0.273 e. The van der Waals surface area contributed by atoms with Gasteiger partial charge in [-0.15, -0.1) is 0 Å². The van der Waals surface area contributed by atoms with Crippen molar-refractivity contribution < 1.29 is 19.2 Å². The summed E-state index contributed by atoms with van der Waals surface area (Å²) in [6.07, 6.45) is 0. The molecule has 0 aliphatic rings. The van der Waals surface area contributed by atoms with Gasteiger partial charge >= 0.3 is 0 Å². The van der Waals surface area contributed by atoms with Crippen molar-refractivity contribution in [3.8, 4) is 11.5 Å². The molecule has 0 bridgehead atoms. The molecule has 8 heteroatoms. The second kappa shape index (κ2) is 8.00. The van der Waals surface area contributed by atoms with E-state index in [1.54, 1.807) is 12.1 Å². The van der Waals surface area contributed by atoms with Crippen LogP contribution >= 0.6 is 0 Å². The average molecular weight is 345 g/mol. The van der Waals surface area contributed by atoms with Crippen LogP contribution in [0.25, 0.3) is 0 Å². The minimum atomic E-state index is -0.543. The fourth-order valence-electron chi connectivity index (χ4n) is 2.08. The minimum Gasteiger partial charge on any atom is -0.493 e. The number of nitrogens with zero attached hydrogens (tertiary/aromatic N) is 2. The normalized spacial score (nSPS) is 10.0. The van der Waals surface area contributed by atoms with Crippen molar-refractivity contribution in [2.24, 2.45) is 0 Å². The largest absolute Gasteiger partial charge is 0.493 e. The number of nitro benzene ring substituents is 1. The van der Waals surface area contributed by atoms with Gasteiger partial charge in [-0.05, 0) is 30.3 Å². The van der Waals surface area contributed by atoms with Gasteiger partial charge in [-0.1, -0.05) is 0 Å². The number of methoxy groups -OCH3 is 1. The Morgan fingerprint density at radius 2 is 1.84 bits per heavy atom. The van der Waals surface area contributed by atoms with Crippen molar-refractivity contribution in [1.82, 2.24) is 0 Å². The Kier molecular flexibility index (Phi) is 5.78. The summed E-state index contributed by atoms with van der Waals surface area (Å²) in [6.45, 7) is -0.299. The lowest BCUT2D eigenvalue weighted by Crippen LogP contribution is -2.20. The molecule has 0 aliphatic carbocycles. The number of carbonyl (C=O) groups excluding carboxylic acids is 1. The maximum atomic E-state index is 12.0. The molecule has 1 amide bonds. The molecule has 2 aromatic carbocycles. The van der Waals surface area contributed by atoms with E-state index in [1.165, 1.54) is 25.3 Å². The zero-order valence-corrected chi connectivity index (χ0v) is 14.2. The van der Waals surface area contributed by atoms with Gasteiger partial charge in [-0.25, -0.2) is 0 Å². The smallest absolute Gasteiger partial charge is 0.273 e. The topological polar surface area (TPSA) is 93.9 Å². The van der Waals surface area contributed by atoms with Crippen molar-refractivity contribution >= 4 is 23.0 Å². The number of hydrogen-bond acceptors (Lipinski definition) is 6. The molecule has 0 aliphatic heterocycles. The summed E-state index contributed by atoms with van der Waals surface area (Å²) in [5.74, 6) is 0.0645. The highest BCUT2D eigenvalue weighted by Gasteiger charge is 2.14. The highest BCUT2D eigenvalue weighted by atomic mass is 16.6. The molecule has 8 nitrogen and oxygen atoms in total. The molecule has 2 aromatic rings. The molecule has 0 radical (unpaired) electrons. The number of benzene rings is 2. The summed E-state index contributed by atoms with van der Waals surface area (Å²) in [7, 11) is 5.27. The predicted molar refractivity (Wildman–Crippen MR) is 94.5 cm³/mol. The molecule has 0 aromatic heterocycles. The van der Waals surface area contributed by atoms with Crippen molar-refractivity contribution in [1.29, 1.82) is 0 Å². The molecular weight excluding hydrogens is 326 g/mol. The molecule has 1 N–H and O–H groups in total. The number of ether oxygens (including phenoxy) is 2. The molecule has 0 fully saturated rings. The Balaban J connectivity index is 1.99. The summed E-state index contributed by atoms with van der Waals surface area (Å²) in [4.78, 5) is 24.2. The van der Waals surface area contributed by atoms with E-state index in [2.05, 4.69) is 5.32 Å². The van der Waals surface area contributed by atoms with Gasteiger partial charge in [0.2, 0.25) is 0 Å². The van der Waals surface area contributed by atoms with Gasteiger partial charge in [0.25, 0.3) is 11.6 Å². The number of anilines is 2. The van der Waals surface area contributed by atoms with Gasteiger partial charge in [0.05, 0.1) is 18.1 Å². The lowest BCUT2D eigenvalue weighted by molar-refractivity contribution is -0.385. The van der Waals surface area contributed by atoms with E-state index in [1.807, 2.05) is 31.1 Å². The van der Waals surface area contributed by atoms with Crippen molar-refractivity contribution in [2.75, 3.05) is 38.0 Å². The zero-order chi connectivity index (χ0) is 18.4. The van der Waals surface area contributed by atoms with Crippen LogP contribution in [-0.2, 0) is 4.79 Å². The Hall–Kier alpha value is -3.29. The molecule has 132 valence electrons. The van der Waals surface area contributed by atoms with Crippen LogP contribution in [0, 0.1) is 10.1 Å². The number of rotatable bonds is 7. The molecule has 0 heterocycles. The second-order valence-corrected chi connectivity index (χ2v) is 5.37. The van der Waals surface area contributed by atoms with E-state index < -0.39 is 4.92 Å². The highest BCUT2D eigenvalue weighted by Crippen LogP contribution is 2.31. The van der Waals surface area contributed by atoms with E-state index >= 15 is 0 Å². The van der Waals surface area contributed by atoms with Gasteiger partial charge < -0.3 is 19.7 Å². The molecule has 0 saturated heterocycles. The number of non-ortho nitro benzene ring substituents is 1. The van der Waals surface area contributed by atoms with Gasteiger partial charge in [-0.2, -0.15) is 0 Å². The fraction of sp³-hybridized carbons (Fsp3) is 0.235. The number of hydrogen-bond donors (Lipinski definition) is 1. The predicted octanol–water partition coefficient (Wildman–Crippen LogP) is 2.69. The molecular formula is C17H19N3O5. The zero-order valence-electron chi connectivity index (χ0n) is 14.2. The van der Waals surface area contributed by atoms with Crippen LogP contribution in [0.5, 0.6) is 11.5 Å². The molecule has 25 heavy (non-hydrogen) atoms. The number of nitrogens with one attached hydrogen (secondary N) is 1. The third kappa shape index (κ3) is 4.84. The molecule has 0 unspecified atom stereocenters. The standard InChI is InChI=1S/C17H19N3O5/c1-19(2)13-6-4-12(5-7-13)18-17(21)11-25-16-10-14(20(22)23)8-9-15(16)24-3/h4-10H,11H2,1-3H3,(H,18,21). The lowest BCUT2D eigenvalue weighted by atomic mass is 10.2. The van der Waals surface area contributed by atoms with Crippen LogP contribution < -0.4 is 19.7 Å². The van der Waals surface area contributed by atoms with Crippen LogP contribution in [0.3, 0.4) is 0 Å². The van der Waals surface area contributed by atoms with Crippen LogP contribution in [0.2, 0.25) is 0 Å². The SMILES string of the molecule is COc1ccc([N+](=O)[O-])cc1OCC(=O)Nc1ccc(N(C)C)cc1. The third-order valence-electron chi connectivity index (χ3n) is 3.38. The number of nitro groups is 1. The van der Waals surface area contributed by atoms with Crippen molar-refractivity contribution in [2.45, 2.75) is 0 Å². The Morgan fingerprint density at radius 1 is 1.16 bits per heavy atom. The van der Waals surface area contributed by atoms with E-state index in [-0.39, 0.29) is 24.0 Å². The quantitative estimate of drug-likeness (QED) is 0.612. The van der Waals surface area contributed by atoms with Crippen LogP contribution in [0.4, 0.5) is 17.1 Å². The van der Waals surface area contributed by atoms with E-state index in [4.69, 9.17) is 9.47 Å². The van der Waals surface area contributed by atoms with Crippen LogP contribution in [0.1, 0.15) is 0 Å². The van der Waals surface area contributed by atoms with Gasteiger partial charge in [0, 0.05) is 31.5 Å². The molecule has 2 rings (SSSR count). The van der Waals surface area contributed by atoms with Gasteiger partial charge in [-0.3, -0.25) is 14.9 Å². The summed E-state index contributed by atoms with van der Waals surface area (Å²) in [6, 6.07) is 11.3. The average Bonchev–Trinajstić information content (AvgIpc) is 2.60. The Bertz CT molecular complexity index is 759. The van der Waals surface area contributed by atoms with Gasteiger partial charge in [0.1, 0.15) is 0 Å². The first-order valence-corrected chi connectivity index (χ1v) is 7.43. The summed E-state index contributed by atoms with van der Waals surface area (Å²) in [5.41, 5.74) is 1.50. The fourth-order valence-corrected chi connectivity index (χ4v) is 2.08. The van der Waals surface area contributed by atoms with E-state index in [0.29, 0.717) is 11.4 Å². The maximum absolute atomic E-state index is 12.0. The van der Waals surface area contributed by atoms with Crippen LogP contribution in [0.15, 0.2) is 42.5 Å².